The van der Waals surface area contributed by atoms with Gasteiger partial charge in [-0.15, -0.1) is 0 Å². The molecule has 158 valence electrons. The van der Waals surface area contributed by atoms with E-state index in [0.29, 0.717) is 23.9 Å². The van der Waals surface area contributed by atoms with E-state index in [1.165, 1.54) is 0 Å². The monoisotopic (exact) mass is 410 g/mol. The van der Waals surface area contributed by atoms with Gasteiger partial charge in [0.05, 0.1) is 23.0 Å². The predicted octanol–water partition coefficient (Wildman–Crippen LogP) is 3.42. The number of aromatic nitrogens is 4. The summed E-state index contributed by atoms with van der Waals surface area (Å²) in [6.07, 6.45) is 5.12. The summed E-state index contributed by atoms with van der Waals surface area (Å²) >= 11 is 0. The van der Waals surface area contributed by atoms with Crippen LogP contribution < -0.4 is 4.90 Å². The second-order valence-corrected chi connectivity index (χ2v) is 7.78. The van der Waals surface area contributed by atoms with Crippen molar-refractivity contribution in [1.29, 1.82) is 0 Å². The van der Waals surface area contributed by atoms with Crippen molar-refractivity contribution < 1.29 is 13.8 Å². The van der Waals surface area contributed by atoms with E-state index in [0.717, 1.165) is 48.4 Å². The molecule has 3 aromatic heterocycles. The maximum Gasteiger partial charge on any atom is 0.276 e. The van der Waals surface area contributed by atoms with Crippen molar-refractivity contribution in [2.45, 2.75) is 45.6 Å². The fraction of sp³-hybridized carbons (Fsp3) is 0.476. The zero-order valence-electron chi connectivity index (χ0n) is 17.8. The highest BCUT2D eigenvalue weighted by atomic mass is 16.5. The number of hydrogen-bond acceptors (Lipinski definition) is 8. The van der Waals surface area contributed by atoms with Crippen LogP contribution >= 0.6 is 0 Å². The number of amides is 1. The van der Waals surface area contributed by atoms with Gasteiger partial charge in [0.15, 0.2) is 11.5 Å². The molecule has 1 saturated heterocycles. The van der Waals surface area contributed by atoms with E-state index in [1.807, 2.05) is 36.9 Å². The molecule has 0 spiro atoms. The summed E-state index contributed by atoms with van der Waals surface area (Å²) in [5.41, 5.74) is 2.62. The van der Waals surface area contributed by atoms with E-state index in [1.54, 1.807) is 12.3 Å². The molecule has 1 fully saturated rings. The number of likely N-dealkylation sites (tertiary alicyclic amines) is 1. The Morgan fingerprint density at radius 3 is 2.80 bits per heavy atom. The highest BCUT2D eigenvalue weighted by molar-refractivity contribution is 5.92. The van der Waals surface area contributed by atoms with Gasteiger partial charge in [-0.25, -0.2) is 9.97 Å². The van der Waals surface area contributed by atoms with Crippen LogP contribution in [0.5, 0.6) is 0 Å². The van der Waals surface area contributed by atoms with Gasteiger partial charge in [0.1, 0.15) is 5.76 Å². The molecule has 3 aromatic rings. The van der Waals surface area contributed by atoms with E-state index in [2.05, 4.69) is 22.2 Å². The van der Waals surface area contributed by atoms with Crippen LogP contribution in [0.4, 0.5) is 5.95 Å². The topological polar surface area (TPSA) is 101 Å². The first-order valence-electron chi connectivity index (χ1n) is 10.2. The minimum Gasteiger partial charge on any atom is -0.361 e. The van der Waals surface area contributed by atoms with Gasteiger partial charge >= 0.3 is 0 Å². The van der Waals surface area contributed by atoms with Crippen LogP contribution in [0.15, 0.2) is 27.4 Å². The predicted molar refractivity (Wildman–Crippen MR) is 110 cm³/mol. The van der Waals surface area contributed by atoms with E-state index < -0.39 is 0 Å². The lowest BCUT2D eigenvalue weighted by Gasteiger charge is -2.25. The third-order valence-electron chi connectivity index (χ3n) is 5.20. The number of hydrogen-bond donors (Lipinski definition) is 0. The lowest BCUT2D eigenvalue weighted by molar-refractivity contribution is 0.0722. The van der Waals surface area contributed by atoms with Crippen molar-refractivity contribution in [3.63, 3.8) is 0 Å². The van der Waals surface area contributed by atoms with Gasteiger partial charge in [0.2, 0.25) is 5.95 Å². The van der Waals surface area contributed by atoms with Crippen molar-refractivity contribution >= 4 is 11.9 Å². The zero-order chi connectivity index (χ0) is 21.3. The third-order valence-corrected chi connectivity index (χ3v) is 5.20. The molecular formula is C21H26N6O3. The highest BCUT2D eigenvalue weighted by Crippen LogP contribution is 2.38. The molecule has 4 heterocycles. The zero-order valence-corrected chi connectivity index (χ0v) is 17.8. The Morgan fingerprint density at radius 1 is 1.27 bits per heavy atom. The Labute approximate surface area is 175 Å². The first kappa shape index (κ1) is 20.1. The third kappa shape index (κ3) is 3.79. The normalized spacial score (nSPS) is 16.3. The number of rotatable bonds is 6. The van der Waals surface area contributed by atoms with Crippen LogP contribution in [0.3, 0.4) is 0 Å². The van der Waals surface area contributed by atoms with Crippen molar-refractivity contribution in [3.05, 3.63) is 41.2 Å². The van der Waals surface area contributed by atoms with Gasteiger partial charge in [-0.05, 0) is 26.2 Å². The molecule has 30 heavy (non-hydrogen) atoms. The van der Waals surface area contributed by atoms with Crippen molar-refractivity contribution in [3.8, 4) is 11.3 Å². The Kier molecular flexibility index (Phi) is 5.52. The van der Waals surface area contributed by atoms with E-state index >= 15 is 0 Å². The standard InChI is InChI=1S/C21H26N6O3/c1-5-7-14-11-16(25-29-14)20(28)27-9-6-8-17(27)19-15(18-10-13(2)24-30-18)12-22-21(23-19)26(3)4/h10-12,17H,5-9H2,1-4H3/t17-/m1/s1. The van der Waals surface area contributed by atoms with Gasteiger partial charge in [-0.3, -0.25) is 4.79 Å². The number of carbonyl (C=O) groups is 1. The highest BCUT2D eigenvalue weighted by Gasteiger charge is 2.35. The first-order valence-corrected chi connectivity index (χ1v) is 10.2. The minimum atomic E-state index is -0.203. The molecule has 1 atom stereocenters. The lowest BCUT2D eigenvalue weighted by Crippen LogP contribution is -2.32. The number of aryl methyl sites for hydroxylation is 2. The number of carbonyl (C=O) groups excluding carboxylic acids is 1. The smallest absolute Gasteiger partial charge is 0.276 e. The molecule has 0 aliphatic carbocycles. The van der Waals surface area contributed by atoms with E-state index in [-0.39, 0.29) is 11.9 Å². The lowest BCUT2D eigenvalue weighted by atomic mass is 10.0. The molecule has 0 unspecified atom stereocenters. The second-order valence-electron chi connectivity index (χ2n) is 7.78. The van der Waals surface area contributed by atoms with E-state index in [9.17, 15) is 4.79 Å². The Morgan fingerprint density at radius 2 is 2.10 bits per heavy atom. The largest absolute Gasteiger partial charge is 0.361 e. The van der Waals surface area contributed by atoms with Gasteiger partial charge < -0.3 is 18.8 Å². The van der Waals surface area contributed by atoms with Gasteiger partial charge in [-0.1, -0.05) is 17.2 Å². The molecule has 0 radical (unpaired) electrons. The van der Waals surface area contributed by atoms with Crippen molar-refractivity contribution in [2.75, 3.05) is 25.5 Å². The number of anilines is 1. The summed E-state index contributed by atoms with van der Waals surface area (Å²) in [6.45, 7) is 4.56. The maximum absolute atomic E-state index is 13.2. The number of nitrogens with zero attached hydrogens (tertiary/aromatic N) is 6. The summed E-state index contributed by atoms with van der Waals surface area (Å²) < 4.78 is 10.8. The van der Waals surface area contributed by atoms with Crippen LogP contribution in [-0.4, -0.2) is 51.7 Å². The molecule has 0 bridgehead atoms. The van der Waals surface area contributed by atoms with E-state index in [4.69, 9.17) is 14.0 Å². The van der Waals surface area contributed by atoms with Gasteiger partial charge in [-0.2, -0.15) is 0 Å². The van der Waals surface area contributed by atoms with Crippen LogP contribution in [0.25, 0.3) is 11.3 Å². The summed E-state index contributed by atoms with van der Waals surface area (Å²) in [4.78, 5) is 26.1. The SMILES string of the molecule is CCCc1cc(C(=O)N2CCC[C@@H]2c2nc(N(C)C)ncc2-c2cc(C)no2)no1. The molecule has 1 aliphatic heterocycles. The summed E-state index contributed by atoms with van der Waals surface area (Å²) in [5.74, 6) is 1.76. The molecule has 4 rings (SSSR count). The summed E-state index contributed by atoms with van der Waals surface area (Å²) in [5, 5.41) is 8.00. The molecular weight excluding hydrogens is 384 g/mol. The molecule has 9 heteroatoms. The Balaban J connectivity index is 1.71. The molecule has 9 nitrogen and oxygen atoms in total. The average Bonchev–Trinajstić information content (AvgIpc) is 3.48. The first-order chi connectivity index (χ1) is 14.5. The van der Waals surface area contributed by atoms with Crippen LogP contribution in [0.1, 0.15) is 59.9 Å². The quantitative estimate of drug-likeness (QED) is 0.609. The van der Waals surface area contributed by atoms with Crippen molar-refractivity contribution in [2.24, 2.45) is 0 Å². The fourth-order valence-electron chi connectivity index (χ4n) is 3.75. The maximum atomic E-state index is 13.2. The molecule has 1 amide bonds. The Hall–Kier alpha value is -3.23. The molecule has 0 N–H and O–H groups in total. The molecule has 1 aliphatic rings. The van der Waals surface area contributed by atoms with Crippen LogP contribution in [0.2, 0.25) is 0 Å². The summed E-state index contributed by atoms with van der Waals surface area (Å²) in [6, 6.07) is 3.39. The van der Waals surface area contributed by atoms with Crippen LogP contribution in [0, 0.1) is 6.92 Å². The molecule has 0 aromatic carbocycles. The summed E-state index contributed by atoms with van der Waals surface area (Å²) in [7, 11) is 3.78. The second kappa shape index (κ2) is 8.25. The molecule has 0 saturated carbocycles. The Bertz CT molecular complexity index is 1040. The fourth-order valence-corrected chi connectivity index (χ4v) is 3.75. The van der Waals surface area contributed by atoms with Crippen LogP contribution in [-0.2, 0) is 6.42 Å². The minimum absolute atomic E-state index is 0.145. The van der Waals surface area contributed by atoms with Crippen molar-refractivity contribution in [1.82, 2.24) is 25.2 Å². The average molecular weight is 410 g/mol. The van der Waals surface area contributed by atoms with Gasteiger partial charge in [0, 0.05) is 45.4 Å². The van der Waals surface area contributed by atoms with Gasteiger partial charge in [0.25, 0.3) is 5.91 Å².